The molecule has 3 N–H and O–H groups in total. The molecule has 28 heavy (non-hydrogen) atoms. The van der Waals surface area contributed by atoms with Gasteiger partial charge in [0.1, 0.15) is 11.6 Å². The lowest BCUT2D eigenvalue weighted by Crippen LogP contribution is -2.60. The van der Waals surface area contributed by atoms with E-state index in [0.717, 1.165) is 18.7 Å². The number of fused-ring (bicyclic) bond motifs is 2. The number of aromatic nitrogens is 2. The first-order chi connectivity index (χ1) is 13.3. The molecule has 4 rings (SSSR count). The molecule has 0 saturated carbocycles. The average Bonchev–Trinajstić information content (AvgIpc) is 3.27. The minimum atomic E-state index is -1.13. The maximum Gasteiger partial charge on any atom is 0.354 e. The van der Waals surface area contributed by atoms with Crippen molar-refractivity contribution in [1.82, 2.24) is 14.8 Å². The van der Waals surface area contributed by atoms with E-state index in [9.17, 15) is 24.6 Å². The summed E-state index contributed by atoms with van der Waals surface area (Å²) in [6, 6.07) is 0. The van der Waals surface area contributed by atoms with Gasteiger partial charge in [-0.1, -0.05) is 11.8 Å². The van der Waals surface area contributed by atoms with Gasteiger partial charge in [0.15, 0.2) is 17.9 Å². The number of carbonyl (C=O) groups excluding carboxylic acids is 2. The number of amides is 2. The van der Waals surface area contributed by atoms with Gasteiger partial charge >= 0.3 is 5.97 Å². The Hall–Kier alpha value is -1.98. The van der Waals surface area contributed by atoms with Crippen molar-refractivity contribution in [3.63, 3.8) is 0 Å². The number of likely N-dealkylation sites (N-methyl/N-ethyl adjacent to an activating group) is 1. The molecule has 1 aromatic heterocycles. The van der Waals surface area contributed by atoms with Gasteiger partial charge in [-0.05, 0) is 6.92 Å². The lowest BCUT2D eigenvalue weighted by atomic mass is 9.92. The summed E-state index contributed by atoms with van der Waals surface area (Å²) in [7, 11) is 1.59. The number of aryl methyl sites for hydroxylation is 1. The van der Waals surface area contributed by atoms with Crippen LogP contribution in [0.25, 0.3) is 0 Å². The van der Waals surface area contributed by atoms with Crippen molar-refractivity contribution in [2.75, 3.05) is 7.05 Å². The predicted octanol–water partition coefficient (Wildman–Crippen LogP) is -0.135. The maximum absolute atomic E-state index is 12.3. The van der Waals surface area contributed by atoms with Crippen LogP contribution < -0.4 is 9.88 Å². The molecule has 2 amide bonds. The quantitative estimate of drug-likeness (QED) is 0.429. The Morgan fingerprint density at radius 2 is 2.25 bits per heavy atom. The number of rotatable bonds is 6. The van der Waals surface area contributed by atoms with Crippen LogP contribution in [0.4, 0.5) is 0 Å². The maximum atomic E-state index is 12.3. The zero-order chi connectivity index (χ0) is 20.2. The summed E-state index contributed by atoms with van der Waals surface area (Å²) in [4.78, 5) is 37.0. The van der Waals surface area contributed by atoms with E-state index in [2.05, 4.69) is 9.88 Å². The molecule has 0 aliphatic carbocycles. The molecule has 150 valence electrons. The summed E-state index contributed by atoms with van der Waals surface area (Å²) in [6.07, 6.45) is 3.84. The Morgan fingerprint density at radius 3 is 2.89 bits per heavy atom. The summed E-state index contributed by atoms with van der Waals surface area (Å²) in [6.45, 7) is 2.57. The van der Waals surface area contributed by atoms with Gasteiger partial charge in [0.25, 0.3) is 5.91 Å². The number of hydrogen-bond acceptors (Lipinski definition) is 6. The predicted molar refractivity (Wildman–Crippen MR) is 102 cm³/mol. The van der Waals surface area contributed by atoms with Gasteiger partial charge in [-0.15, -0.1) is 11.8 Å². The first kappa shape index (κ1) is 19.3. The van der Waals surface area contributed by atoms with Crippen LogP contribution in [0.1, 0.15) is 24.3 Å². The molecule has 4 heterocycles. The van der Waals surface area contributed by atoms with E-state index in [0.29, 0.717) is 4.24 Å². The number of carboxylic acids is 1. The number of carboxylic acid groups (broad SMARTS) is 1. The van der Waals surface area contributed by atoms with Gasteiger partial charge in [-0.2, -0.15) is 0 Å². The van der Waals surface area contributed by atoms with E-state index in [-0.39, 0.29) is 34.7 Å². The fraction of sp³-hybridized carbons (Fsp3) is 0.529. The van der Waals surface area contributed by atoms with Crippen molar-refractivity contribution in [3.05, 3.63) is 28.2 Å². The largest absolute Gasteiger partial charge is 0.477 e. The van der Waals surface area contributed by atoms with Crippen molar-refractivity contribution in [2.45, 2.75) is 43.2 Å². The Bertz CT molecular complexity index is 896. The second-order valence-corrected chi connectivity index (χ2v) is 9.63. The van der Waals surface area contributed by atoms with Crippen molar-refractivity contribution >= 4 is 41.3 Å². The summed E-state index contributed by atoms with van der Waals surface area (Å²) < 4.78 is 4.49. The van der Waals surface area contributed by atoms with Crippen LogP contribution >= 0.6 is 23.5 Å². The van der Waals surface area contributed by atoms with E-state index in [4.69, 9.17) is 0 Å². The zero-order valence-corrected chi connectivity index (χ0v) is 17.0. The normalized spacial score (nSPS) is 26.8. The topological polar surface area (TPSA) is 116 Å². The monoisotopic (exact) mass is 425 g/mol. The van der Waals surface area contributed by atoms with E-state index < -0.39 is 18.0 Å². The molecule has 1 fully saturated rings. The number of aliphatic carboxylic acids is 1. The molecule has 3 aliphatic heterocycles. The van der Waals surface area contributed by atoms with Crippen LogP contribution in [0.15, 0.2) is 22.5 Å². The first-order valence-corrected chi connectivity index (χ1v) is 10.7. The number of aliphatic hydroxyl groups is 1. The molecule has 2 unspecified atom stereocenters. The Labute approximate surface area is 169 Å². The summed E-state index contributed by atoms with van der Waals surface area (Å²) in [5.41, 5.74) is 1.05. The first-order valence-electron chi connectivity index (χ1n) is 8.93. The Kier molecular flexibility index (Phi) is 4.92. The molecular weight excluding hydrogens is 404 g/mol. The van der Waals surface area contributed by atoms with Crippen LogP contribution in [0, 0.1) is 5.92 Å². The van der Waals surface area contributed by atoms with Gasteiger partial charge in [0.2, 0.25) is 12.2 Å². The van der Waals surface area contributed by atoms with Gasteiger partial charge in [-0.25, -0.2) is 13.9 Å². The smallest absolute Gasteiger partial charge is 0.354 e. The van der Waals surface area contributed by atoms with Crippen molar-refractivity contribution in [1.29, 1.82) is 0 Å². The molecule has 0 spiro atoms. The van der Waals surface area contributed by atoms with Crippen LogP contribution in [-0.4, -0.2) is 56.0 Å². The Balaban J connectivity index is 1.55. The van der Waals surface area contributed by atoms with Crippen LogP contribution in [0.3, 0.4) is 0 Å². The van der Waals surface area contributed by atoms with Gasteiger partial charge in [0.05, 0.1) is 28.1 Å². The van der Waals surface area contributed by atoms with E-state index in [1.165, 1.54) is 28.4 Å². The number of nitrogens with one attached hydrogen (secondary N) is 1. The summed E-state index contributed by atoms with van der Waals surface area (Å²) in [5, 5.41) is 21.8. The molecule has 1 saturated heterocycles. The second kappa shape index (κ2) is 7.12. The highest BCUT2D eigenvalue weighted by Gasteiger charge is 2.58. The molecule has 1 aromatic rings. The van der Waals surface area contributed by atoms with E-state index in [1.807, 2.05) is 17.1 Å². The number of carbonyl (C=O) groups is 3. The van der Waals surface area contributed by atoms with Crippen LogP contribution in [0.5, 0.6) is 0 Å². The minimum absolute atomic E-state index is 0.0187. The standard InChI is InChI=1S/C17H20N4O5S2/c1-8(22)12-14(24)21-13(16(25)26)17(28-15(12)21)27-10-3-4-20-7-19(5-9(10)20)6-11(23)18-2/h5,7-8,10,12,15,22H,3-4,6H2,1-2H3,(H-,18,23,25,26)/p+1/t8?,10?,12-,15+/m0/s1. The van der Waals surface area contributed by atoms with E-state index in [1.54, 1.807) is 14.0 Å². The zero-order valence-electron chi connectivity index (χ0n) is 15.4. The molecule has 0 radical (unpaired) electrons. The van der Waals surface area contributed by atoms with Crippen molar-refractivity contribution in [2.24, 2.45) is 5.92 Å². The number of β-lactam (4-membered cyclic amide) rings is 1. The average molecular weight is 426 g/mol. The fourth-order valence-corrected chi connectivity index (χ4v) is 7.08. The molecular formula is C17H21N4O5S2+. The highest BCUT2D eigenvalue weighted by molar-refractivity contribution is 8.22. The second-order valence-electron chi connectivity index (χ2n) is 7.03. The highest BCUT2D eigenvalue weighted by atomic mass is 32.2. The highest BCUT2D eigenvalue weighted by Crippen LogP contribution is 2.57. The number of imidazole rings is 1. The third-order valence-electron chi connectivity index (χ3n) is 5.20. The van der Waals surface area contributed by atoms with Gasteiger partial charge in [0, 0.05) is 13.5 Å². The summed E-state index contributed by atoms with van der Waals surface area (Å²) >= 11 is 2.79. The van der Waals surface area contributed by atoms with Crippen LogP contribution in [-0.2, 0) is 27.5 Å². The van der Waals surface area contributed by atoms with Crippen molar-refractivity contribution < 1.29 is 29.2 Å². The molecule has 0 bridgehead atoms. The minimum Gasteiger partial charge on any atom is -0.477 e. The molecule has 4 atom stereocenters. The Morgan fingerprint density at radius 1 is 1.50 bits per heavy atom. The SMILES string of the molecule is CNC(=O)C[n+]1cc2n(c1)CCC2SC1=C(C(=O)O)N2C(=O)[C@H](C(C)O)[C@H]2S1. The number of thioether (sulfide) groups is 2. The molecule has 3 aliphatic rings. The fourth-order valence-electron chi connectivity index (χ4n) is 3.79. The van der Waals surface area contributed by atoms with Crippen LogP contribution in [0.2, 0.25) is 0 Å². The third-order valence-corrected chi connectivity index (χ3v) is 8.10. The summed E-state index contributed by atoms with van der Waals surface area (Å²) in [5.74, 6) is -2.12. The number of nitrogens with zero attached hydrogens (tertiary/aromatic N) is 3. The lowest BCUT2D eigenvalue weighted by molar-refractivity contribution is -0.684. The molecule has 11 heteroatoms. The van der Waals surface area contributed by atoms with Crippen molar-refractivity contribution in [3.8, 4) is 0 Å². The lowest BCUT2D eigenvalue weighted by Gasteiger charge is -2.43. The number of hydrogen-bond donors (Lipinski definition) is 3. The molecule has 0 aromatic carbocycles. The van der Waals surface area contributed by atoms with Gasteiger partial charge < -0.3 is 15.5 Å². The molecule has 9 nitrogen and oxygen atoms in total. The van der Waals surface area contributed by atoms with Gasteiger partial charge in [-0.3, -0.25) is 14.5 Å². The third kappa shape index (κ3) is 3.01. The van der Waals surface area contributed by atoms with E-state index >= 15 is 0 Å². The number of aliphatic hydroxyl groups excluding tert-OH is 1.